The zero-order chi connectivity index (χ0) is 14.5. The van der Waals surface area contributed by atoms with Crippen molar-refractivity contribution in [1.82, 2.24) is 5.32 Å². The van der Waals surface area contributed by atoms with E-state index in [0.717, 1.165) is 6.07 Å². The monoisotopic (exact) mass is 273 g/mol. The van der Waals surface area contributed by atoms with E-state index in [0.29, 0.717) is 5.56 Å². The Bertz CT molecular complexity index is 628. The fraction of sp³-hybridized carbons (Fsp3) is 0.0667. The highest BCUT2D eigenvalue weighted by Crippen LogP contribution is 2.14. The normalized spacial score (nSPS) is 11.7. The van der Waals surface area contributed by atoms with Crippen LogP contribution in [0.3, 0.4) is 0 Å². The Morgan fingerprint density at radius 2 is 1.75 bits per heavy atom. The van der Waals surface area contributed by atoms with Crippen LogP contribution in [0.1, 0.15) is 22.0 Å². The molecule has 0 unspecified atom stereocenters. The molecule has 0 saturated carbocycles. The number of benzene rings is 2. The van der Waals surface area contributed by atoms with E-state index in [4.69, 9.17) is 0 Å². The molecule has 102 valence electrons. The van der Waals surface area contributed by atoms with Gasteiger partial charge in [0.1, 0.15) is 5.82 Å². The van der Waals surface area contributed by atoms with Gasteiger partial charge in [-0.3, -0.25) is 4.79 Å². The molecule has 0 aliphatic carbocycles. The predicted molar refractivity (Wildman–Crippen MR) is 70.7 cm³/mol. The molecule has 4 nitrogen and oxygen atoms in total. The smallest absolute Gasteiger partial charge is 0.330 e. The van der Waals surface area contributed by atoms with E-state index in [1.807, 2.05) is 0 Å². The van der Waals surface area contributed by atoms with Crippen molar-refractivity contribution in [3.63, 3.8) is 0 Å². The first kappa shape index (κ1) is 13.7. The lowest BCUT2D eigenvalue weighted by molar-refractivity contribution is -0.139. The summed E-state index contributed by atoms with van der Waals surface area (Å²) in [4.78, 5) is 23.2. The van der Waals surface area contributed by atoms with E-state index in [9.17, 15) is 19.1 Å². The number of aliphatic carboxylic acids is 1. The van der Waals surface area contributed by atoms with Crippen LogP contribution in [0.2, 0.25) is 0 Å². The molecule has 20 heavy (non-hydrogen) atoms. The molecule has 0 aliphatic heterocycles. The second kappa shape index (κ2) is 5.97. The molecule has 2 aromatic carbocycles. The molecule has 0 bridgehead atoms. The van der Waals surface area contributed by atoms with Gasteiger partial charge in [0.2, 0.25) is 0 Å². The molecule has 0 heterocycles. The quantitative estimate of drug-likeness (QED) is 0.898. The number of carboxylic acid groups (broad SMARTS) is 1. The molecule has 0 spiro atoms. The minimum atomic E-state index is -1.18. The summed E-state index contributed by atoms with van der Waals surface area (Å²) < 4.78 is 13.1. The van der Waals surface area contributed by atoms with Gasteiger partial charge in [-0.1, -0.05) is 36.4 Å². The van der Waals surface area contributed by atoms with Gasteiger partial charge in [-0.05, 0) is 23.8 Å². The van der Waals surface area contributed by atoms with Crippen molar-refractivity contribution in [3.8, 4) is 0 Å². The van der Waals surface area contributed by atoms with E-state index in [2.05, 4.69) is 5.32 Å². The number of carbonyl (C=O) groups is 2. The number of halogens is 1. The highest BCUT2D eigenvalue weighted by molar-refractivity contribution is 5.96. The van der Waals surface area contributed by atoms with Crippen molar-refractivity contribution >= 4 is 11.9 Å². The summed E-state index contributed by atoms with van der Waals surface area (Å²) in [5, 5.41) is 11.6. The molecule has 0 radical (unpaired) electrons. The van der Waals surface area contributed by atoms with Crippen molar-refractivity contribution in [2.45, 2.75) is 6.04 Å². The second-order valence-corrected chi connectivity index (χ2v) is 4.17. The lowest BCUT2D eigenvalue weighted by atomic mass is 10.1. The van der Waals surface area contributed by atoms with E-state index in [1.165, 1.54) is 18.2 Å². The summed E-state index contributed by atoms with van der Waals surface area (Å²) in [6, 6.07) is 12.2. The Balaban J connectivity index is 2.21. The Morgan fingerprint density at radius 1 is 1.05 bits per heavy atom. The molecule has 5 heteroatoms. The lowest BCUT2D eigenvalue weighted by Gasteiger charge is -2.14. The number of rotatable bonds is 4. The number of hydrogen-bond acceptors (Lipinski definition) is 2. The van der Waals surface area contributed by atoms with E-state index in [-0.39, 0.29) is 5.56 Å². The third-order valence-corrected chi connectivity index (χ3v) is 2.74. The van der Waals surface area contributed by atoms with Crippen LogP contribution in [-0.4, -0.2) is 17.0 Å². The maximum atomic E-state index is 13.1. The summed E-state index contributed by atoms with van der Waals surface area (Å²) in [6.45, 7) is 0. The highest BCUT2D eigenvalue weighted by Gasteiger charge is 2.22. The van der Waals surface area contributed by atoms with Gasteiger partial charge < -0.3 is 10.4 Å². The van der Waals surface area contributed by atoms with Gasteiger partial charge in [-0.2, -0.15) is 0 Å². The van der Waals surface area contributed by atoms with Crippen molar-refractivity contribution in [2.24, 2.45) is 0 Å². The number of amides is 1. The van der Waals surface area contributed by atoms with Gasteiger partial charge in [0.05, 0.1) is 0 Å². The first-order valence-electron chi connectivity index (χ1n) is 5.92. The molecule has 2 rings (SSSR count). The van der Waals surface area contributed by atoms with Gasteiger partial charge in [0.15, 0.2) is 6.04 Å². The van der Waals surface area contributed by atoms with Crippen molar-refractivity contribution in [3.05, 3.63) is 71.5 Å². The average molecular weight is 273 g/mol. The van der Waals surface area contributed by atoms with Crippen LogP contribution in [0.15, 0.2) is 54.6 Å². The Kier molecular flexibility index (Phi) is 4.10. The first-order valence-corrected chi connectivity index (χ1v) is 5.92. The fourth-order valence-corrected chi connectivity index (χ4v) is 1.78. The van der Waals surface area contributed by atoms with Crippen LogP contribution in [0.25, 0.3) is 0 Å². The Morgan fingerprint density at radius 3 is 2.35 bits per heavy atom. The maximum Gasteiger partial charge on any atom is 0.330 e. The summed E-state index contributed by atoms with van der Waals surface area (Å²) in [6.07, 6.45) is 0. The minimum absolute atomic E-state index is 0.0761. The summed E-state index contributed by atoms with van der Waals surface area (Å²) in [7, 11) is 0. The molecule has 1 atom stereocenters. The Hall–Kier alpha value is -2.69. The van der Waals surface area contributed by atoms with Crippen molar-refractivity contribution in [1.29, 1.82) is 0 Å². The zero-order valence-corrected chi connectivity index (χ0v) is 10.4. The topological polar surface area (TPSA) is 66.4 Å². The molecular formula is C15H12FNO3. The van der Waals surface area contributed by atoms with E-state index >= 15 is 0 Å². The van der Waals surface area contributed by atoms with Crippen molar-refractivity contribution in [2.75, 3.05) is 0 Å². The molecule has 0 aliphatic rings. The maximum absolute atomic E-state index is 13.1. The molecule has 2 aromatic rings. The zero-order valence-electron chi connectivity index (χ0n) is 10.4. The minimum Gasteiger partial charge on any atom is -0.479 e. The number of hydrogen-bond donors (Lipinski definition) is 2. The van der Waals surface area contributed by atoms with Gasteiger partial charge in [0, 0.05) is 5.56 Å². The third-order valence-electron chi connectivity index (χ3n) is 2.74. The predicted octanol–water partition coefficient (Wildman–Crippen LogP) is 2.38. The van der Waals surface area contributed by atoms with Crippen LogP contribution >= 0.6 is 0 Å². The molecule has 2 N–H and O–H groups in total. The van der Waals surface area contributed by atoms with Crippen LogP contribution in [0.4, 0.5) is 4.39 Å². The Labute approximate surface area is 114 Å². The van der Waals surface area contributed by atoms with Gasteiger partial charge in [-0.15, -0.1) is 0 Å². The third kappa shape index (κ3) is 3.20. The standard InChI is InChI=1S/C15H12FNO3/c16-12-8-4-7-11(9-12)14(18)17-13(15(19)20)10-5-2-1-3-6-10/h1-9,13H,(H,17,18)(H,19,20)/t13-/m0/s1. The molecule has 0 fully saturated rings. The SMILES string of the molecule is O=C(N[C@H](C(=O)O)c1ccccc1)c1cccc(F)c1. The van der Waals surface area contributed by atoms with Gasteiger partial charge in [-0.25, -0.2) is 9.18 Å². The number of carbonyl (C=O) groups excluding carboxylic acids is 1. The molecule has 0 saturated heterocycles. The van der Waals surface area contributed by atoms with Gasteiger partial charge in [0.25, 0.3) is 5.91 Å². The molecular weight excluding hydrogens is 261 g/mol. The van der Waals surface area contributed by atoms with Crippen LogP contribution in [0.5, 0.6) is 0 Å². The van der Waals surface area contributed by atoms with Gasteiger partial charge >= 0.3 is 5.97 Å². The van der Waals surface area contributed by atoms with Crippen LogP contribution in [-0.2, 0) is 4.79 Å². The first-order chi connectivity index (χ1) is 9.58. The summed E-state index contributed by atoms with van der Waals surface area (Å²) >= 11 is 0. The number of nitrogens with one attached hydrogen (secondary N) is 1. The highest BCUT2D eigenvalue weighted by atomic mass is 19.1. The number of carboxylic acids is 1. The summed E-state index contributed by atoms with van der Waals surface area (Å²) in [5.41, 5.74) is 0.525. The van der Waals surface area contributed by atoms with Crippen LogP contribution < -0.4 is 5.32 Å². The van der Waals surface area contributed by atoms with E-state index in [1.54, 1.807) is 30.3 Å². The lowest BCUT2D eigenvalue weighted by Crippen LogP contribution is -2.33. The molecule has 1 amide bonds. The largest absolute Gasteiger partial charge is 0.479 e. The van der Waals surface area contributed by atoms with E-state index < -0.39 is 23.7 Å². The summed E-state index contributed by atoms with van der Waals surface area (Å²) in [5.74, 6) is -2.37. The average Bonchev–Trinajstić information content (AvgIpc) is 2.45. The second-order valence-electron chi connectivity index (χ2n) is 4.17. The van der Waals surface area contributed by atoms with Crippen LogP contribution in [0, 0.1) is 5.82 Å². The fourth-order valence-electron chi connectivity index (χ4n) is 1.78. The van der Waals surface area contributed by atoms with Crippen molar-refractivity contribution < 1.29 is 19.1 Å². The molecule has 0 aromatic heterocycles.